The molecule has 0 atom stereocenters. The Bertz CT molecular complexity index is 796. The van der Waals surface area contributed by atoms with Gasteiger partial charge in [-0.1, -0.05) is 12.1 Å². The third-order valence-corrected chi connectivity index (χ3v) is 3.48. The van der Waals surface area contributed by atoms with E-state index in [4.69, 9.17) is 10.4 Å². The summed E-state index contributed by atoms with van der Waals surface area (Å²) in [4.78, 5) is 21.2. The van der Waals surface area contributed by atoms with Crippen molar-refractivity contribution in [3.05, 3.63) is 46.0 Å². The zero-order chi connectivity index (χ0) is 16.8. The van der Waals surface area contributed by atoms with Gasteiger partial charge in [0.2, 0.25) is 0 Å². The number of hydrogen-bond donors (Lipinski definition) is 2. The number of nitro benzene ring substituents is 1. The van der Waals surface area contributed by atoms with Gasteiger partial charge in [-0.3, -0.25) is 14.9 Å². The van der Waals surface area contributed by atoms with Crippen LogP contribution < -0.4 is 5.32 Å². The Morgan fingerprint density at radius 2 is 2.04 bits per heavy atom. The molecule has 118 valence electrons. The molecule has 0 saturated heterocycles. The number of carboxylic acids is 1. The Labute approximate surface area is 132 Å². The van der Waals surface area contributed by atoms with Crippen LogP contribution in [0.25, 0.3) is 10.8 Å². The summed E-state index contributed by atoms with van der Waals surface area (Å²) in [5.41, 5.74) is 0.747. The van der Waals surface area contributed by atoms with Crippen LogP contribution >= 0.6 is 0 Å². The number of nitro groups is 1. The minimum atomic E-state index is -0.861. The van der Waals surface area contributed by atoms with Crippen LogP contribution in [0.2, 0.25) is 0 Å². The number of nitrogens with one attached hydrogen (secondary N) is 1. The number of carbonyl (C=O) groups is 1. The van der Waals surface area contributed by atoms with E-state index in [1.54, 1.807) is 24.3 Å². The van der Waals surface area contributed by atoms with E-state index >= 15 is 0 Å². The molecule has 0 aliphatic rings. The topological polar surface area (TPSA) is 116 Å². The molecular weight excluding hydrogens is 298 g/mol. The summed E-state index contributed by atoms with van der Waals surface area (Å²) in [6.45, 7) is 0.421. The van der Waals surface area contributed by atoms with Crippen molar-refractivity contribution in [2.24, 2.45) is 0 Å². The van der Waals surface area contributed by atoms with Crippen molar-refractivity contribution in [2.45, 2.75) is 19.3 Å². The van der Waals surface area contributed by atoms with Gasteiger partial charge in [0.05, 0.1) is 16.6 Å². The number of hydrogen-bond acceptors (Lipinski definition) is 5. The summed E-state index contributed by atoms with van der Waals surface area (Å²) < 4.78 is 0. The Morgan fingerprint density at radius 3 is 2.70 bits per heavy atom. The molecule has 0 unspecified atom stereocenters. The molecule has 0 bridgehead atoms. The lowest BCUT2D eigenvalue weighted by atomic mass is 10.0. The lowest BCUT2D eigenvalue weighted by molar-refractivity contribution is -0.383. The van der Waals surface area contributed by atoms with E-state index in [1.165, 1.54) is 6.07 Å². The fourth-order valence-corrected chi connectivity index (χ4v) is 2.40. The molecule has 0 saturated carbocycles. The molecule has 2 aromatic rings. The number of aliphatic carboxylic acids is 1. The highest BCUT2D eigenvalue weighted by Gasteiger charge is 2.17. The predicted molar refractivity (Wildman–Crippen MR) is 85.3 cm³/mol. The summed E-state index contributed by atoms with van der Waals surface area (Å²) >= 11 is 0. The lowest BCUT2D eigenvalue weighted by Crippen LogP contribution is -2.06. The molecule has 2 N–H and O–H groups in total. The molecule has 0 heterocycles. The number of anilines is 1. The van der Waals surface area contributed by atoms with E-state index in [1.807, 2.05) is 0 Å². The zero-order valence-corrected chi connectivity index (χ0v) is 12.3. The number of nitrogens with zero attached hydrogens (tertiary/aromatic N) is 2. The molecule has 0 radical (unpaired) electrons. The second kappa shape index (κ2) is 7.22. The van der Waals surface area contributed by atoms with Gasteiger partial charge < -0.3 is 10.4 Å². The van der Waals surface area contributed by atoms with Crippen molar-refractivity contribution >= 4 is 28.1 Å². The van der Waals surface area contributed by atoms with Crippen LogP contribution in [0.15, 0.2) is 30.3 Å². The van der Waals surface area contributed by atoms with Gasteiger partial charge in [-0.15, -0.1) is 0 Å². The standard InChI is InChI=1S/C16H15N3O4/c17-10-11-4-3-5-13-12(11)7-8-14(19(22)23)16(13)18-9-2-1-6-15(20)21/h3-5,7-8,18H,1-2,6,9H2,(H,20,21). The Balaban J connectivity index is 2.31. The summed E-state index contributed by atoms with van der Waals surface area (Å²) in [6.07, 6.45) is 1.14. The van der Waals surface area contributed by atoms with E-state index in [0.717, 1.165) is 0 Å². The molecule has 7 heteroatoms. The van der Waals surface area contributed by atoms with Crippen LogP contribution in [0.1, 0.15) is 24.8 Å². The van der Waals surface area contributed by atoms with Crippen molar-refractivity contribution in [3.8, 4) is 6.07 Å². The first-order valence-corrected chi connectivity index (χ1v) is 7.10. The summed E-state index contributed by atoms with van der Waals surface area (Å²) in [5, 5.41) is 33.2. The van der Waals surface area contributed by atoms with Crippen molar-refractivity contribution in [1.29, 1.82) is 5.26 Å². The predicted octanol–water partition coefficient (Wildman–Crippen LogP) is 3.29. The summed E-state index contributed by atoms with van der Waals surface area (Å²) in [7, 11) is 0. The maximum Gasteiger partial charge on any atom is 0.303 e. The third kappa shape index (κ3) is 3.74. The smallest absolute Gasteiger partial charge is 0.303 e. The maximum atomic E-state index is 11.2. The second-order valence-electron chi connectivity index (χ2n) is 5.01. The van der Waals surface area contributed by atoms with Gasteiger partial charge in [-0.2, -0.15) is 5.26 Å². The minimum absolute atomic E-state index is 0.0641. The number of benzene rings is 2. The van der Waals surface area contributed by atoms with Gasteiger partial charge >= 0.3 is 5.97 Å². The van der Waals surface area contributed by atoms with Crippen LogP contribution in [-0.2, 0) is 4.79 Å². The largest absolute Gasteiger partial charge is 0.481 e. The minimum Gasteiger partial charge on any atom is -0.481 e. The first-order valence-electron chi connectivity index (χ1n) is 7.10. The van der Waals surface area contributed by atoms with E-state index in [-0.39, 0.29) is 12.1 Å². The SMILES string of the molecule is N#Cc1cccc2c(NCCCCC(=O)O)c([N+](=O)[O-])ccc12. The van der Waals surface area contributed by atoms with E-state index < -0.39 is 10.9 Å². The van der Waals surface area contributed by atoms with Crippen LogP contribution in [-0.4, -0.2) is 22.5 Å². The van der Waals surface area contributed by atoms with Gasteiger partial charge in [0.15, 0.2) is 0 Å². The molecule has 0 aromatic heterocycles. The molecule has 23 heavy (non-hydrogen) atoms. The fraction of sp³-hybridized carbons (Fsp3) is 0.250. The van der Waals surface area contributed by atoms with Crippen LogP contribution in [0.4, 0.5) is 11.4 Å². The first kappa shape index (κ1) is 16.2. The van der Waals surface area contributed by atoms with Gasteiger partial charge in [-0.25, -0.2) is 0 Å². The third-order valence-electron chi connectivity index (χ3n) is 3.48. The number of fused-ring (bicyclic) bond motifs is 1. The van der Waals surface area contributed by atoms with Gasteiger partial charge in [0, 0.05) is 29.8 Å². The van der Waals surface area contributed by atoms with Crippen LogP contribution in [0, 0.1) is 21.4 Å². The van der Waals surface area contributed by atoms with E-state index in [2.05, 4.69) is 11.4 Å². The molecular formula is C16H15N3O4. The second-order valence-corrected chi connectivity index (χ2v) is 5.01. The summed E-state index contributed by atoms with van der Waals surface area (Å²) in [5.74, 6) is -0.861. The van der Waals surface area contributed by atoms with Crippen LogP contribution in [0.5, 0.6) is 0 Å². The van der Waals surface area contributed by atoms with Crippen LogP contribution in [0.3, 0.4) is 0 Å². The van der Waals surface area contributed by atoms with E-state index in [9.17, 15) is 14.9 Å². The fourth-order valence-electron chi connectivity index (χ4n) is 2.40. The Hall–Kier alpha value is -3.14. The molecule has 7 nitrogen and oxygen atoms in total. The number of rotatable bonds is 7. The zero-order valence-electron chi connectivity index (χ0n) is 12.3. The van der Waals surface area contributed by atoms with Crippen molar-refractivity contribution in [3.63, 3.8) is 0 Å². The highest BCUT2D eigenvalue weighted by Crippen LogP contribution is 2.34. The maximum absolute atomic E-state index is 11.2. The monoisotopic (exact) mass is 313 g/mol. The molecule has 0 aliphatic heterocycles. The normalized spacial score (nSPS) is 10.2. The van der Waals surface area contributed by atoms with Gasteiger partial charge in [0.1, 0.15) is 5.69 Å². The Morgan fingerprint density at radius 1 is 1.26 bits per heavy atom. The van der Waals surface area contributed by atoms with E-state index in [0.29, 0.717) is 41.4 Å². The molecule has 0 spiro atoms. The molecule has 0 amide bonds. The van der Waals surface area contributed by atoms with Gasteiger partial charge in [0.25, 0.3) is 5.69 Å². The molecule has 0 aliphatic carbocycles. The number of unbranched alkanes of at least 4 members (excludes halogenated alkanes) is 1. The average Bonchev–Trinajstić information content (AvgIpc) is 2.53. The highest BCUT2D eigenvalue weighted by atomic mass is 16.6. The molecule has 2 aromatic carbocycles. The van der Waals surface area contributed by atoms with Crippen molar-refractivity contribution in [2.75, 3.05) is 11.9 Å². The first-order chi connectivity index (χ1) is 11.0. The van der Waals surface area contributed by atoms with Crippen molar-refractivity contribution in [1.82, 2.24) is 0 Å². The molecule has 2 rings (SSSR count). The summed E-state index contributed by atoms with van der Waals surface area (Å²) in [6, 6.07) is 10.1. The average molecular weight is 313 g/mol. The number of carboxylic acid groups (broad SMARTS) is 1. The van der Waals surface area contributed by atoms with Crippen molar-refractivity contribution < 1.29 is 14.8 Å². The lowest BCUT2D eigenvalue weighted by Gasteiger charge is -2.11. The number of nitriles is 1. The van der Waals surface area contributed by atoms with Gasteiger partial charge in [-0.05, 0) is 25.0 Å². The quantitative estimate of drug-likeness (QED) is 0.460. The Kier molecular flexibility index (Phi) is 5.10. The highest BCUT2D eigenvalue weighted by molar-refractivity contribution is 6.01. The molecule has 0 fully saturated rings.